The van der Waals surface area contributed by atoms with Gasteiger partial charge in [-0.25, -0.2) is 0 Å². The highest BCUT2D eigenvalue weighted by Crippen LogP contribution is 2.47. The van der Waals surface area contributed by atoms with E-state index in [4.69, 9.17) is 16.3 Å². The SMILES string of the molecule is CC/C(=C\c1ccc(O)cc1Cl)CC[C@@H](O)C1=C(COc2ccccc2)C[C@H]2C(=O)N(Cc3cccs3)C(=O)[C@H]2[C@H]1CO. The van der Waals surface area contributed by atoms with Crippen molar-refractivity contribution in [2.45, 2.75) is 45.3 Å². The Labute approximate surface area is 260 Å². The molecule has 3 aromatic rings. The number of phenols is 1. The number of amides is 2. The van der Waals surface area contributed by atoms with Gasteiger partial charge in [-0.2, -0.15) is 0 Å². The van der Waals surface area contributed by atoms with Crippen molar-refractivity contribution in [2.75, 3.05) is 13.2 Å². The molecule has 0 radical (unpaired) electrons. The Balaban J connectivity index is 1.42. The van der Waals surface area contributed by atoms with Crippen LogP contribution in [-0.4, -0.2) is 51.4 Å². The minimum absolute atomic E-state index is 0.0901. The van der Waals surface area contributed by atoms with E-state index in [-0.39, 0.29) is 43.7 Å². The number of fused-ring (bicyclic) bond motifs is 1. The van der Waals surface area contributed by atoms with Crippen LogP contribution in [0.25, 0.3) is 6.08 Å². The van der Waals surface area contributed by atoms with Crippen molar-refractivity contribution in [3.63, 3.8) is 0 Å². The summed E-state index contributed by atoms with van der Waals surface area (Å²) < 4.78 is 6.08. The minimum Gasteiger partial charge on any atom is -0.508 e. The van der Waals surface area contributed by atoms with Crippen molar-refractivity contribution < 1.29 is 29.6 Å². The van der Waals surface area contributed by atoms with Gasteiger partial charge in [0.2, 0.25) is 11.8 Å². The lowest BCUT2D eigenvalue weighted by Gasteiger charge is -2.36. The number of phenolic OH excluding ortho intramolecular Hbond substituents is 1. The number of likely N-dealkylation sites (tertiary alicyclic amines) is 1. The molecule has 0 spiro atoms. The molecule has 1 saturated heterocycles. The van der Waals surface area contributed by atoms with Gasteiger partial charge in [-0.3, -0.25) is 14.5 Å². The number of benzene rings is 2. The zero-order chi connectivity index (χ0) is 30.5. The molecule has 4 atom stereocenters. The molecule has 2 heterocycles. The minimum atomic E-state index is -0.952. The molecule has 1 aliphatic carbocycles. The Bertz CT molecular complexity index is 1500. The third kappa shape index (κ3) is 6.88. The van der Waals surface area contributed by atoms with Crippen LogP contribution in [0.4, 0.5) is 0 Å². The lowest BCUT2D eigenvalue weighted by atomic mass is 9.68. The van der Waals surface area contributed by atoms with E-state index < -0.39 is 23.9 Å². The van der Waals surface area contributed by atoms with Crippen molar-refractivity contribution in [3.8, 4) is 11.5 Å². The van der Waals surface area contributed by atoms with Crippen LogP contribution in [-0.2, 0) is 16.1 Å². The first-order valence-electron chi connectivity index (χ1n) is 14.5. The number of aliphatic hydroxyl groups is 2. The number of allylic oxidation sites excluding steroid dienone is 1. The number of carbonyl (C=O) groups excluding carboxylic acids is 2. The van der Waals surface area contributed by atoms with Gasteiger partial charge in [0.05, 0.1) is 36.1 Å². The smallest absolute Gasteiger partial charge is 0.234 e. The number of ether oxygens (including phenoxy) is 1. The summed E-state index contributed by atoms with van der Waals surface area (Å²) in [5.41, 5.74) is 3.17. The Hall–Kier alpha value is -3.43. The zero-order valence-electron chi connectivity index (χ0n) is 24.0. The lowest BCUT2D eigenvalue weighted by molar-refractivity contribution is -0.140. The van der Waals surface area contributed by atoms with Gasteiger partial charge in [0.1, 0.15) is 18.1 Å². The second-order valence-corrected chi connectivity index (χ2v) is 12.5. The lowest BCUT2D eigenvalue weighted by Crippen LogP contribution is -2.40. The highest BCUT2D eigenvalue weighted by molar-refractivity contribution is 7.09. The first-order valence-corrected chi connectivity index (χ1v) is 15.8. The molecule has 1 fully saturated rings. The molecule has 7 nitrogen and oxygen atoms in total. The average molecular weight is 622 g/mol. The fraction of sp³-hybridized carbons (Fsp3) is 0.353. The van der Waals surface area contributed by atoms with Gasteiger partial charge >= 0.3 is 0 Å². The molecular formula is C34H36ClNO6S. The average Bonchev–Trinajstić information content (AvgIpc) is 3.61. The molecular weight excluding hydrogens is 586 g/mol. The van der Waals surface area contributed by atoms with E-state index in [9.17, 15) is 24.9 Å². The number of para-hydroxylation sites is 1. The summed E-state index contributed by atoms with van der Waals surface area (Å²) in [5.74, 6) is -1.85. The molecule has 9 heteroatoms. The first-order chi connectivity index (χ1) is 20.8. The maximum absolute atomic E-state index is 13.7. The number of imide groups is 1. The number of thiophene rings is 1. The van der Waals surface area contributed by atoms with Crippen LogP contribution in [0.3, 0.4) is 0 Å². The van der Waals surface area contributed by atoms with Crippen molar-refractivity contribution >= 4 is 40.8 Å². The van der Waals surface area contributed by atoms with Crippen molar-refractivity contribution in [1.29, 1.82) is 0 Å². The molecule has 0 saturated carbocycles. The van der Waals surface area contributed by atoms with Crippen LogP contribution < -0.4 is 4.74 Å². The molecule has 2 aliphatic rings. The zero-order valence-corrected chi connectivity index (χ0v) is 25.6. The summed E-state index contributed by atoms with van der Waals surface area (Å²) in [6.07, 6.45) is 2.93. The van der Waals surface area contributed by atoms with Crippen molar-refractivity contribution in [2.24, 2.45) is 17.8 Å². The van der Waals surface area contributed by atoms with E-state index in [1.807, 2.05) is 60.8 Å². The van der Waals surface area contributed by atoms with Crippen LogP contribution in [0.15, 0.2) is 82.8 Å². The number of hydrogen-bond acceptors (Lipinski definition) is 7. The fourth-order valence-electron chi connectivity index (χ4n) is 6.24. The number of aromatic hydroxyl groups is 1. The highest BCUT2D eigenvalue weighted by Gasteiger charge is 2.54. The number of halogens is 1. The van der Waals surface area contributed by atoms with Crippen molar-refractivity contribution in [1.82, 2.24) is 4.90 Å². The maximum atomic E-state index is 13.7. The molecule has 3 N–H and O–H groups in total. The molecule has 1 aliphatic heterocycles. The quantitative estimate of drug-likeness (QED) is 0.163. The monoisotopic (exact) mass is 621 g/mol. The van der Waals surface area contributed by atoms with E-state index in [1.54, 1.807) is 12.1 Å². The predicted molar refractivity (Wildman–Crippen MR) is 168 cm³/mol. The van der Waals surface area contributed by atoms with E-state index in [0.717, 1.165) is 28.0 Å². The standard InChI is InChI=1S/C34H36ClNO6S/c1-2-21(15-22-11-12-24(38)17-29(22)35)10-13-30(39)31-23(20-42-25-7-4-3-5-8-25)16-27-32(28(31)19-37)34(41)36(33(27)40)18-26-9-6-14-43-26/h3-9,11-12,14-15,17,27-28,30,32,37-39H,2,10,13,16,18-20H2,1H3/b21-15+/t27-,28+,30-,32-/m1/s1. The third-order valence-corrected chi connectivity index (χ3v) is 9.61. The molecule has 0 unspecified atom stereocenters. The van der Waals surface area contributed by atoms with Gasteiger partial charge in [-0.1, -0.05) is 54.4 Å². The highest BCUT2D eigenvalue weighted by atomic mass is 35.5. The number of rotatable bonds is 12. The number of nitrogens with zero attached hydrogens (tertiary/aromatic N) is 1. The predicted octanol–water partition coefficient (Wildman–Crippen LogP) is 6.23. The molecule has 2 aromatic carbocycles. The van der Waals surface area contributed by atoms with Crippen molar-refractivity contribution in [3.05, 3.63) is 98.2 Å². The number of hydrogen-bond donors (Lipinski definition) is 3. The molecule has 1 aromatic heterocycles. The van der Waals surface area contributed by atoms with E-state index >= 15 is 0 Å². The summed E-state index contributed by atoms with van der Waals surface area (Å²) in [6, 6.07) is 17.9. The van der Waals surface area contributed by atoms with E-state index in [1.165, 1.54) is 22.3 Å². The van der Waals surface area contributed by atoms with Crippen LogP contribution >= 0.6 is 22.9 Å². The molecule has 2 amide bonds. The van der Waals surface area contributed by atoms with E-state index in [2.05, 4.69) is 0 Å². The second-order valence-electron chi connectivity index (χ2n) is 11.0. The summed E-state index contributed by atoms with van der Waals surface area (Å²) in [7, 11) is 0. The van der Waals surface area contributed by atoms with Gasteiger partial charge < -0.3 is 20.1 Å². The van der Waals surface area contributed by atoms with Gasteiger partial charge in [0.15, 0.2) is 0 Å². The molecule has 43 heavy (non-hydrogen) atoms. The van der Waals surface area contributed by atoms with Gasteiger partial charge in [0, 0.05) is 10.8 Å². The molecule has 226 valence electrons. The Morgan fingerprint density at radius 1 is 1.14 bits per heavy atom. The Morgan fingerprint density at radius 2 is 1.93 bits per heavy atom. The van der Waals surface area contributed by atoms with Gasteiger partial charge in [-0.05, 0) is 84.2 Å². The summed E-state index contributed by atoms with van der Waals surface area (Å²) in [4.78, 5) is 29.5. The molecule has 0 bridgehead atoms. The van der Waals surface area contributed by atoms with E-state index in [0.29, 0.717) is 29.2 Å². The Kier molecular flexibility index (Phi) is 10.0. The summed E-state index contributed by atoms with van der Waals surface area (Å²) in [5, 5.41) is 34.4. The van der Waals surface area contributed by atoms with Crippen LogP contribution in [0.2, 0.25) is 5.02 Å². The maximum Gasteiger partial charge on any atom is 0.234 e. The second kappa shape index (κ2) is 13.9. The van der Waals surface area contributed by atoms with Crippen LogP contribution in [0.1, 0.15) is 43.0 Å². The Morgan fingerprint density at radius 3 is 2.60 bits per heavy atom. The summed E-state index contributed by atoms with van der Waals surface area (Å²) >= 11 is 7.81. The van der Waals surface area contributed by atoms with Gasteiger partial charge in [0.25, 0.3) is 0 Å². The topological polar surface area (TPSA) is 107 Å². The largest absolute Gasteiger partial charge is 0.508 e. The molecule has 5 rings (SSSR count). The normalized spacial score (nSPS) is 21.3. The van der Waals surface area contributed by atoms with Gasteiger partial charge in [-0.15, -0.1) is 11.3 Å². The number of aliphatic hydroxyl groups excluding tert-OH is 2. The third-order valence-electron chi connectivity index (χ3n) is 8.42. The van der Waals surface area contributed by atoms with Crippen LogP contribution in [0.5, 0.6) is 11.5 Å². The summed E-state index contributed by atoms with van der Waals surface area (Å²) in [6.45, 7) is 2.01. The fourth-order valence-corrected chi connectivity index (χ4v) is 7.16. The van der Waals surface area contributed by atoms with Crippen LogP contribution in [0, 0.1) is 17.8 Å². The number of carbonyl (C=O) groups is 2. The first kappa shape index (κ1) is 31.0.